The largest absolute Gasteiger partial charge is 0.330 e. The molecule has 2 N–H and O–H groups in total. The second kappa shape index (κ2) is 5.37. The van der Waals surface area contributed by atoms with Crippen LogP contribution in [0.3, 0.4) is 0 Å². The Bertz CT molecular complexity index is 334. The van der Waals surface area contributed by atoms with E-state index in [-0.39, 0.29) is 0 Å². The molecule has 15 heavy (non-hydrogen) atoms. The summed E-state index contributed by atoms with van der Waals surface area (Å²) in [6, 6.07) is 6.72. The molecular formula is C12H16BrNS. The molecule has 0 spiro atoms. The summed E-state index contributed by atoms with van der Waals surface area (Å²) in [5.41, 5.74) is 8.36. The summed E-state index contributed by atoms with van der Waals surface area (Å²) in [4.78, 5) is 0. The van der Waals surface area contributed by atoms with E-state index in [1.165, 1.54) is 33.5 Å². The van der Waals surface area contributed by atoms with E-state index in [1.807, 2.05) is 0 Å². The predicted octanol–water partition coefficient (Wildman–Crippen LogP) is 3.17. The molecule has 0 aliphatic carbocycles. The summed E-state index contributed by atoms with van der Waals surface area (Å²) >= 11 is 5.74. The smallest absolute Gasteiger partial charge is 0.0213 e. The van der Waals surface area contributed by atoms with Crippen molar-refractivity contribution in [1.29, 1.82) is 0 Å². The molecule has 1 fully saturated rings. The first-order valence-corrected chi connectivity index (χ1v) is 7.32. The lowest BCUT2D eigenvalue weighted by molar-refractivity contribution is 0.777. The van der Waals surface area contributed by atoms with E-state index in [2.05, 4.69) is 45.9 Å². The van der Waals surface area contributed by atoms with Crippen LogP contribution in [0.5, 0.6) is 0 Å². The summed E-state index contributed by atoms with van der Waals surface area (Å²) in [7, 11) is 0. The Morgan fingerprint density at radius 2 is 2.33 bits per heavy atom. The van der Waals surface area contributed by atoms with E-state index in [0.717, 1.165) is 18.9 Å². The molecule has 1 aliphatic rings. The van der Waals surface area contributed by atoms with Crippen molar-refractivity contribution >= 4 is 27.7 Å². The standard InChI is InChI=1S/C12H16BrNS/c13-12-7-9(3-5-14)1-2-11(12)10-4-6-15-8-10/h1-2,7,10H,3-6,8,14H2. The second-order valence-electron chi connectivity index (χ2n) is 3.96. The molecule has 1 heterocycles. The SMILES string of the molecule is NCCc1ccc(C2CCSC2)c(Br)c1. The molecule has 0 aromatic heterocycles. The van der Waals surface area contributed by atoms with Crippen molar-refractivity contribution in [3.05, 3.63) is 33.8 Å². The third-order valence-corrected chi connectivity index (χ3v) is 4.72. The number of thioether (sulfide) groups is 1. The first-order chi connectivity index (χ1) is 7.31. The molecule has 0 amide bonds. The lowest BCUT2D eigenvalue weighted by Crippen LogP contribution is -2.04. The first kappa shape index (κ1) is 11.5. The Hall–Kier alpha value is 0.01000. The number of hydrogen-bond donors (Lipinski definition) is 1. The van der Waals surface area contributed by atoms with Crippen LogP contribution in [0.25, 0.3) is 0 Å². The van der Waals surface area contributed by atoms with Crippen LogP contribution in [0.15, 0.2) is 22.7 Å². The highest BCUT2D eigenvalue weighted by Crippen LogP contribution is 2.36. The molecule has 82 valence electrons. The van der Waals surface area contributed by atoms with Crippen molar-refractivity contribution in [3.63, 3.8) is 0 Å². The van der Waals surface area contributed by atoms with Gasteiger partial charge in [-0.05, 0) is 48.3 Å². The minimum absolute atomic E-state index is 0.727. The average Bonchev–Trinajstić information content (AvgIpc) is 2.71. The van der Waals surface area contributed by atoms with E-state index < -0.39 is 0 Å². The van der Waals surface area contributed by atoms with Gasteiger partial charge < -0.3 is 5.73 Å². The zero-order chi connectivity index (χ0) is 10.7. The Labute approximate surface area is 104 Å². The maximum Gasteiger partial charge on any atom is 0.0213 e. The molecule has 1 aromatic carbocycles. The number of benzene rings is 1. The first-order valence-electron chi connectivity index (χ1n) is 5.37. The molecule has 1 nitrogen and oxygen atoms in total. The minimum atomic E-state index is 0.727. The zero-order valence-corrected chi connectivity index (χ0v) is 11.1. The van der Waals surface area contributed by atoms with Gasteiger partial charge in [0.05, 0.1) is 0 Å². The van der Waals surface area contributed by atoms with Crippen LogP contribution in [0.4, 0.5) is 0 Å². The number of rotatable bonds is 3. The van der Waals surface area contributed by atoms with E-state index in [0.29, 0.717) is 0 Å². The van der Waals surface area contributed by atoms with E-state index in [9.17, 15) is 0 Å². The summed E-state index contributed by atoms with van der Waals surface area (Å²) < 4.78 is 1.26. The highest BCUT2D eigenvalue weighted by Gasteiger charge is 2.19. The van der Waals surface area contributed by atoms with Crippen molar-refractivity contribution in [1.82, 2.24) is 0 Å². The Kier molecular flexibility index (Phi) is 4.12. The fraction of sp³-hybridized carbons (Fsp3) is 0.500. The molecule has 0 bridgehead atoms. The number of halogens is 1. The Balaban J connectivity index is 2.18. The van der Waals surface area contributed by atoms with Gasteiger partial charge in [-0.2, -0.15) is 11.8 Å². The molecule has 1 atom stereocenters. The molecule has 1 aliphatic heterocycles. The number of nitrogens with two attached hydrogens (primary N) is 1. The van der Waals surface area contributed by atoms with Gasteiger partial charge in [-0.3, -0.25) is 0 Å². The van der Waals surface area contributed by atoms with Crippen LogP contribution in [0.1, 0.15) is 23.5 Å². The van der Waals surface area contributed by atoms with E-state index in [1.54, 1.807) is 0 Å². The van der Waals surface area contributed by atoms with Gasteiger partial charge in [0, 0.05) is 10.2 Å². The van der Waals surface area contributed by atoms with Gasteiger partial charge in [-0.25, -0.2) is 0 Å². The second-order valence-corrected chi connectivity index (χ2v) is 5.96. The van der Waals surface area contributed by atoms with Crippen molar-refractivity contribution in [3.8, 4) is 0 Å². The van der Waals surface area contributed by atoms with Crippen LogP contribution in [-0.4, -0.2) is 18.1 Å². The number of hydrogen-bond acceptors (Lipinski definition) is 2. The molecule has 1 aromatic rings. The van der Waals surface area contributed by atoms with Crippen LogP contribution in [0.2, 0.25) is 0 Å². The molecule has 0 saturated carbocycles. The molecule has 0 radical (unpaired) electrons. The van der Waals surface area contributed by atoms with Crippen LogP contribution < -0.4 is 5.73 Å². The molecule has 1 saturated heterocycles. The summed E-state index contributed by atoms with van der Waals surface area (Å²) in [5.74, 6) is 3.33. The highest BCUT2D eigenvalue weighted by molar-refractivity contribution is 9.10. The normalized spacial score (nSPS) is 20.8. The topological polar surface area (TPSA) is 26.0 Å². The average molecular weight is 286 g/mol. The van der Waals surface area contributed by atoms with Gasteiger partial charge in [0.25, 0.3) is 0 Å². The summed E-state index contributed by atoms with van der Waals surface area (Å²) in [6.07, 6.45) is 2.29. The Morgan fingerprint density at radius 1 is 1.47 bits per heavy atom. The predicted molar refractivity (Wildman–Crippen MR) is 71.6 cm³/mol. The summed E-state index contributed by atoms with van der Waals surface area (Å²) in [6.45, 7) is 0.727. The third kappa shape index (κ3) is 2.77. The lowest BCUT2D eigenvalue weighted by Gasteiger charge is -2.12. The maximum atomic E-state index is 5.55. The van der Waals surface area contributed by atoms with Gasteiger partial charge in [-0.15, -0.1) is 0 Å². The van der Waals surface area contributed by atoms with Crippen molar-refractivity contribution in [2.75, 3.05) is 18.1 Å². The lowest BCUT2D eigenvalue weighted by atomic mass is 9.97. The van der Waals surface area contributed by atoms with Gasteiger partial charge in [0.1, 0.15) is 0 Å². The zero-order valence-electron chi connectivity index (χ0n) is 8.71. The van der Waals surface area contributed by atoms with Crippen LogP contribution in [0, 0.1) is 0 Å². The molecule has 3 heteroatoms. The van der Waals surface area contributed by atoms with Crippen molar-refractivity contribution in [2.45, 2.75) is 18.8 Å². The van der Waals surface area contributed by atoms with Crippen molar-refractivity contribution in [2.24, 2.45) is 5.73 Å². The van der Waals surface area contributed by atoms with E-state index in [4.69, 9.17) is 5.73 Å². The quantitative estimate of drug-likeness (QED) is 0.923. The van der Waals surface area contributed by atoms with Gasteiger partial charge in [-0.1, -0.05) is 28.1 Å². The fourth-order valence-electron chi connectivity index (χ4n) is 2.00. The van der Waals surface area contributed by atoms with Gasteiger partial charge >= 0.3 is 0 Å². The third-order valence-electron chi connectivity index (χ3n) is 2.87. The molecular weight excluding hydrogens is 270 g/mol. The highest BCUT2D eigenvalue weighted by atomic mass is 79.9. The maximum absolute atomic E-state index is 5.55. The van der Waals surface area contributed by atoms with Crippen molar-refractivity contribution < 1.29 is 0 Å². The van der Waals surface area contributed by atoms with Gasteiger partial charge in [0.15, 0.2) is 0 Å². The fourth-order valence-corrected chi connectivity index (χ4v) is 4.00. The van der Waals surface area contributed by atoms with E-state index >= 15 is 0 Å². The van der Waals surface area contributed by atoms with Gasteiger partial charge in [0.2, 0.25) is 0 Å². The monoisotopic (exact) mass is 285 g/mol. The summed E-state index contributed by atoms with van der Waals surface area (Å²) in [5, 5.41) is 0. The molecule has 2 rings (SSSR count). The molecule has 1 unspecified atom stereocenters. The minimum Gasteiger partial charge on any atom is -0.330 e. The van der Waals surface area contributed by atoms with Crippen LogP contribution in [-0.2, 0) is 6.42 Å². The Morgan fingerprint density at radius 3 is 2.93 bits per heavy atom. The van der Waals surface area contributed by atoms with Crippen LogP contribution >= 0.6 is 27.7 Å².